The molecule has 0 aromatic carbocycles. The van der Waals surface area contributed by atoms with E-state index in [9.17, 15) is 0 Å². The van der Waals surface area contributed by atoms with Crippen LogP contribution < -0.4 is 0 Å². The molecule has 18 heavy (non-hydrogen) atoms. The van der Waals surface area contributed by atoms with Gasteiger partial charge < -0.3 is 14.1 Å². The van der Waals surface area contributed by atoms with Crippen molar-refractivity contribution in [3.63, 3.8) is 0 Å². The van der Waals surface area contributed by atoms with Crippen molar-refractivity contribution < 1.29 is 9.31 Å². The van der Waals surface area contributed by atoms with E-state index >= 15 is 0 Å². The molecule has 0 saturated carbocycles. The fraction of sp³-hybridized carbons (Fsp3) is 1.00. The van der Waals surface area contributed by atoms with Crippen LogP contribution in [0.3, 0.4) is 0 Å². The third-order valence-corrected chi connectivity index (χ3v) is 5.49. The molecule has 3 nitrogen and oxygen atoms in total. The fourth-order valence-electron chi connectivity index (χ4n) is 4.51. The molecule has 0 aromatic rings. The number of nitrogens with zero attached hydrogens (tertiary/aromatic N) is 1. The predicted molar refractivity (Wildman–Crippen MR) is 76.5 cm³/mol. The lowest BCUT2D eigenvalue weighted by molar-refractivity contribution is 0.133. The quantitative estimate of drug-likeness (QED) is 0.722. The molecule has 2 rings (SSSR count). The van der Waals surface area contributed by atoms with Crippen molar-refractivity contribution in [3.8, 4) is 0 Å². The average Bonchev–Trinajstić information content (AvgIpc) is 2.79. The van der Waals surface area contributed by atoms with E-state index in [4.69, 9.17) is 9.31 Å². The van der Waals surface area contributed by atoms with Gasteiger partial charge in [-0.15, -0.1) is 0 Å². The highest BCUT2D eigenvalue weighted by molar-refractivity contribution is 6.66. The monoisotopic (exact) mass is 254 g/mol. The highest BCUT2D eigenvalue weighted by Crippen LogP contribution is 2.46. The van der Waals surface area contributed by atoms with Crippen molar-refractivity contribution in [3.05, 3.63) is 0 Å². The van der Waals surface area contributed by atoms with Gasteiger partial charge in [-0.05, 0) is 45.6 Å². The molecule has 0 amide bonds. The van der Waals surface area contributed by atoms with Crippen LogP contribution in [0, 0.1) is 11.8 Å². The van der Waals surface area contributed by atoms with E-state index < -0.39 is 6.69 Å². The van der Waals surface area contributed by atoms with Gasteiger partial charge in [0.15, 0.2) is 0 Å². The van der Waals surface area contributed by atoms with Gasteiger partial charge >= 0.3 is 6.69 Å². The molecule has 0 radical (unpaired) electrons. The molecule has 2 aliphatic rings. The van der Waals surface area contributed by atoms with Gasteiger partial charge in [0, 0.05) is 0 Å². The molecule has 4 heteroatoms. The van der Waals surface area contributed by atoms with Crippen molar-refractivity contribution in [2.45, 2.75) is 58.3 Å². The molecule has 0 bridgehead atoms. The van der Waals surface area contributed by atoms with Crippen LogP contribution >= 0.6 is 0 Å². The average molecular weight is 254 g/mol. The molecule has 2 fully saturated rings. The third-order valence-electron chi connectivity index (χ3n) is 5.49. The molecule has 0 unspecified atom stereocenters. The SMILES string of the molecule is CO[B-]1(OC)[C@@H](C(C)C)CC[C@@H](C)[C@@H]2CCCN21. The molecule has 2 aliphatic heterocycles. The summed E-state index contributed by atoms with van der Waals surface area (Å²) >= 11 is 0. The van der Waals surface area contributed by atoms with Gasteiger partial charge in [0.05, 0.1) is 0 Å². The van der Waals surface area contributed by atoms with Crippen LogP contribution in [-0.4, -0.2) is 38.3 Å². The van der Waals surface area contributed by atoms with E-state index in [0.717, 1.165) is 12.5 Å². The van der Waals surface area contributed by atoms with Gasteiger partial charge in [-0.3, -0.25) is 0 Å². The van der Waals surface area contributed by atoms with Crippen LogP contribution in [0.4, 0.5) is 0 Å². The first-order chi connectivity index (χ1) is 8.56. The first-order valence-electron chi connectivity index (χ1n) is 7.58. The molecule has 106 valence electrons. The highest BCUT2D eigenvalue weighted by Gasteiger charge is 2.48. The van der Waals surface area contributed by atoms with Crippen LogP contribution in [0.5, 0.6) is 0 Å². The maximum Gasteiger partial charge on any atom is 0.320 e. The summed E-state index contributed by atoms with van der Waals surface area (Å²) in [7, 11) is 3.68. The number of rotatable bonds is 3. The van der Waals surface area contributed by atoms with Gasteiger partial charge in [0.2, 0.25) is 0 Å². The molecular weight excluding hydrogens is 225 g/mol. The van der Waals surface area contributed by atoms with Crippen molar-refractivity contribution in [2.75, 3.05) is 20.8 Å². The largest absolute Gasteiger partial charge is 0.557 e. The Hall–Kier alpha value is -0.0551. The lowest BCUT2D eigenvalue weighted by Crippen LogP contribution is -2.62. The van der Waals surface area contributed by atoms with Gasteiger partial charge in [-0.25, -0.2) is 0 Å². The molecule has 0 aliphatic carbocycles. The zero-order valence-electron chi connectivity index (χ0n) is 12.7. The van der Waals surface area contributed by atoms with E-state index in [1.807, 2.05) is 14.2 Å². The van der Waals surface area contributed by atoms with Crippen LogP contribution in [0.25, 0.3) is 0 Å². The Morgan fingerprint density at radius 2 is 1.78 bits per heavy atom. The fourth-order valence-corrected chi connectivity index (χ4v) is 4.51. The number of hydrogen-bond donors (Lipinski definition) is 0. The van der Waals surface area contributed by atoms with E-state index in [2.05, 4.69) is 25.6 Å². The lowest BCUT2D eigenvalue weighted by atomic mass is 9.51. The zero-order chi connectivity index (χ0) is 13.3. The second-order valence-electron chi connectivity index (χ2n) is 6.61. The van der Waals surface area contributed by atoms with Gasteiger partial charge in [-0.1, -0.05) is 45.3 Å². The van der Waals surface area contributed by atoms with Gasteiger partial charge in [-0.2, -0.15) is 0 Å². The predicted octanol–water partition coefficient (Wildman–Crippen LogP) is 3.14. The smallest absolute Gasteiger partial charge is 0.320 e. The topological polar surface area (TPSA) is 21.7 Å². The lowest BCUT2D eigenvalue weighted by Gasteiger charge is -2.54. The number of fused-ring (bicyclic) bond motifs is 1. The molecule has 2 heterocycles. The summed E-state index contributed by atoms with van der Waals surface area (Å²) in [6, 6.07) is 0.661. The van der Waals surface area contributed by atoms with E-state index in [1.54, 1.807) is 0 Å². The summed E-state index contributed by atoms with van der Waals surface area (Å²) in [5.74, 6) is 1.89. The van der Waals surface area contributed by atoms with E-state index in [0.29, 0.717) is 17.8 Å². The minimum atomic E-state index is -1.27. The van der Waals surface area contributed by atoms with Crippen LogP contribution in [0.2, 0.25) is 5.82 Å². The Balaban J connectivity index is 2.37. The standard InChI is InChI=1S/C14H29BNO2/c1-11(2)13-9-8-12(3)14-7-6-10-16(14)15(13,17-4)18-5/h11-14H,6-10H2,1-5H3/q-1/t12-,13-,14+/m1/s1. The molecule has 2 saturated heterocycles. The summed E-state index contributed by atoms with van der Waals surface area (Å²) < 4.78 is 12.0. The Labute approximate surface area is 112 Å². The summed E-state index contributed by atoms with van der Waals surface area (Å²) in [5, 5.41) is 0. The normalized spacial score (nSPS) is 36.7. The Kier molecular flexibility index (Phi) is 4.40. The summed E-state index contributed by atoms with van der Waals surface area (Å²) in [6.07, 6.45) is 5.13. The minimum Gasteiger partial charge on any atom is -0.557 e. The van der Waals surface area contributed by atoms with Crippen molar-refractivity contribution >= 4 is 6.69 Å². The Morgan fingerprint density at radius 3 is 2.33 bits per heavy atom. The van der Waals surface area contributed by atoms with E-state index in [1.165, 1.54) is 25.7 Å². The second kappa shape index (κ2) is 5.52. The second-order valence-corrected chi connectivity index (χ2v) is 6.61. The van der Waals surface area contributed by atoms with Crippen molar-refractivity contribution in [2.24, 2.45) is 11.8 Å². The minimum absolute atomic E-state index is 0.519. The molecule has 0 N–H and O–H groups in total. The van der Waals surface area contributed by atoms with Crippen LogP contribution in [-0.2, 0) is 9.31 Å². The Morgan fingerprint density at radius 1 is 1.11 bits per heavy atom. The maximum absolute atomic E-state index is 6.01. The molecule has 3 atom stereocenters. The summed E-state index contributed by atoms with van der Waals surface area (Å²) in [4.78, 5) is 2.57. The van der Waals surface area contributed by atoms with E-state index in [-0.39, 0.29) is 0 Å². The molecular formula is C14H29BNO2-. The van der Waals surface area contributed by atoms with Crippen molar-refractivity contribution in [1.82, 2.24) is 4.81 Å². The zero-order valence-corrected chi connectivity index (χ0v) is 12.7. The van der Waals surface area contributed by atoms with Crippen LogP contribution in [0.15, 0.2) is 0 Å². The third kappa shape index (κ3) is 2.12. The van der Waals surface area contributed by atoms with Crippen molar-refractivity contribution in [1.29, 1.82) is 0 Å². The molecule has 0 aromatic heterocycles. The first kappa shape index (κ1) is 14.4. The van der Waals surface area contributed by atoms with Crippen LogP contribution in [0.1, 0.15) is 46.5 Å². The summed E-state index contributed by atoms with van der Waals surface area (Å²) in [6.45, 7) is 6.88. The highest BCUT2D eigenvalue weighted by atomic mass is 16.6. The maximum atomic E-state index is 6.01. The Bertz CT molecular complexity index is 281. The first-order valence-corrected chi connectivity index (χ1v) is 7.58. The van der Waals surface area contributed by atoms with Gasteiger partial charge in [0.25, 0.3) is 0 Å². The summed E-state index contributed by atoms with van der Waals surface area (Å²) in [5.41, 5.74) is 0. The van der Waals surface area contributed by atoms with Gasteiger partial charge in [0.1, 0.15) is 0 Å². The number of hydrogen-bond acceptors (Lipinski definition) is 3. The molecule has 0 spiro atoms.